The molecule has 1 rings (SSSR count). The second-order valence-electron chi connectivity index (χ2n) is 5.02. The van der Waals surface area contributed by atoms with Crippen molar-refractivity contribution in [2.45, 2.75) is 66.2 Å². The molecule has 1 aromatic heterocycles. The Morgan fingerprint density at radius 3 is 2.61 bits per heavy atom. The van der Waals surface area contributed by atoms with E-state index in [9.17, 15) is 0 Å². The van der Waals surface area contributed by atoms with Gasteiger partial charge in [0.2, 0.25) is 0 Å². The van der Waals surface area contributed by atoms with E-state index in [0.717, 1.165) is 30.6 Å². The van der Waals surface area contributed by atoms with Crippen LogP contribution >= 0.6 is 0 Å². The molecule has 0 aliphatic heterocycles. The molecule has 0 fully saturated rings. The summed E-state index contributed by atoms with van der Waals surface area (Å²) in [5.74, 6) is 0. The number of nitrogens with one attached hydrogen (secondary N) is 1. The first-order valence-electron chi connectivity index (χ1n) is 6.75. The van der Waals surface area contributed by atoms with Crippen molar-refractivity contribution in [2.75, 3.05) is 0 Å². The summed E-state index contributed by atoms with van der Waals surface area (Å²) in [6.45, 7) is 11.2. The quantitative estimate of drug-likeness (QED) is 0.809. The number of rotatable bonds is 7. The Morgan fingerprint density at radius 2 is 2.06 bits per heavy atom. The number of hydrogen-bond donors (Lipinski definition) is 1. The van der Waals surface area contributed by atoms with Gasteiger partial charge in [0.05, 0.1) is 6.10 Å². The van der Waals surface area contributed by atoms with Gasteiger partial charge < -0.3 is 10.1 Å². The monoisotopic (exact) mass is 251 g/mol. The van der Waals surface area contributed by atoms with Crippen LogP contribution in [0.25, 0.3) is 0 Å². The highest BCUT2D eigenvalue weighted by Gasteiger charge is 2.08. The average molecular weight is 251 g/mol. The molecular weight excluding hydrogens is 226 g/mol. The maximum atomic E-state index is 5.67. The highest BCUT2D eigenvalue weighted by Crippen LogP contribution is 2.11. The lowest BCUT2D eigenvalue weighted by atomic mass is 10.2. The molecule has 0 amide bonds. The van der Waals surface area contributed by atoms with Gasteiger partial charge in [0.15, 0.2) is 0 Å². The molecule has 4 heteroatoms. The topological polar surface area (TPSA) is 47.0 Å². The SMILES string of the molecule is CCCC(C)Oc1ncc(CNC(C)C)c(C)n1. The van der Waals surface area contributed by atoms with Crippen LogP contribution in [-0.2, 0) is 6.54 Å². The predicted molar refractivity (Wildman–Crippen MR) is 73.7 cm³/mol. The number of hydrogen-bond acceptors (Lipinski definition) is 4. The highest BCUT2D eigenvalue weighted by molar-refractivity contribution is 5.17. The second kappa shape index (κ2) is 7.31. The van der Waals surface area contributed by atoms with Crippen LogP contribution in [0.15, 0.2) is 6.20 Å². The molecule has 0 saturated carbocycles. The molecule has 1 aromatic rings. The zero-order valence-electron chi connectivity index (χ0n) is 12.2. The summed E-state index contributed by atoms with van der Waals surface area (Å²) in [5, 5.41) is 3.36. The summed E-state index contributed by atoms with van der Waals surface area (Å²) in [5.41, 5.74) is 2.11. The Morgan fingerprint density at radius 1 is 1.33 bits per heavy atom. The number of ether oxygens (including phenoxy) is 1. The van der Waals surface area contributed by atoms with Gasteiger partial charge in [-0.25, -0.2) is 9.97 Å². The predicted octanol–water partition coefficient (Wildman–Crippen LogP) is 2.85. The molecule has 0 aromatic carbocycles. The van der Waals surface area contributed by atoms with E-state index in [1.807, 2.05) is 13.1 Å². The van der Waals surface area contributed by atoms with Crippen LogP contribution in [0.5, 0.6) is 6.01 Å². The summed E-state index contributed by atoms with van der Waals surface area (Å²) in [6.07, 6.45) is 4.16. The molecule has 4 nitrogen and oxygen atoms in total. The molecule has 1 N–H and O–H groups in total. The molecule has 0 spiro atoms. The average Bonchev–Trinajstić information content (AvgIpc) is 2.28. The van der Waals surface area contributed by atoms with Crippen molar-refractivity contribution in [3.63, 3.8) is 0 Å². The van der Waals surface area contributed by atoms with Gasteiger partial charge in [-0.15, -0.1) is 0 Å². The van der Waals surface area contributed by atoms with Gasteiger partial charge >= 0.3 is 6.01 Å². The number of nitrogens with zero attached hydrogens (tertiary/aromatic N) is 2. The summed E-state index contributed by atoms with van der Waals surface area (Å²) in [4.78, 5) is 8.67. The van der Waals surface area contributed by atoms with Crippen molar-refractivity contribution in [3.05, 3.63) is 17.5 Å². The Bertz CT molecular complexity index is 366. The summed E-state index contributed by atoms with van der Waals surface area (Å²) < 4.78 is 5.67. The molecule has 18 heavy (non-hydrogen) atoms. The van der Waals surface area contributed by atoms with Gasteiger partial charge in [-0.2, -0.15) is 0 Å². The molecule has 0 aliphatic carbocycles. The minimum absolute atomic E-state index is 0.175. The van der Waals surface area contributed by atoms with Gasteiger partial charge in [-0.1, -0.05) is 27.2 Å². The van der Waals surface area contributed by atoms with E-state index < -0.39 is 0 Å². The molecule has 1 unspecified atom stereocenters. The summed E-state index contributed by atoms with van der Waals surface area (Å²) >= 11 is 0. The van der Waals surface area contributed by atoms with Crippen LogP contribution in [0.3, 0.4) is 0 Å². The third-order valence-corrected chi connectivity index (χ3v) is 2.76. The highest BCUT2D eigenvalue weighted by atomic mass is 16.5. The van der Waals surface area contributed by atoms with Crippen molar-refractivity contribution in [2.24, 2.45) is 0 Å². The normalized spacial score (nSPS) is 12.8. The molecule has 1 heterocycles. The third kappa shape index (κ3) is 5.00. The van der Waals surface area contributed by atoms with Gasteiger partial charge in [-0.05, 0) is 20.3 Å². The molecule has 0 aliphatic rings. The Hall–Kier alpha value is -1.16. The van der Waals surface area contributed by atoms with E-state index in [-0.39, 0.29) is 6.10 Å². The molecule has 1 atom stereocenters. The largest absolute Gasteiger partial charge is 0.460 e. The fourth-order valence-electron chi connectivity index (χ4n) is 1.66. The third-order valence-electron chi connectivity index (χ3n) is 2.76. The lowest BCUT2D eigenvalue weighted by Gasteiger charge is -2.14. The number of aromatic nitrogens is 2. The van der Waals surface area contributed by atoms with Crippen molar-refractivity contribution in [1.29, 1.82) is 0 Å². The van der Waals surface area contributed by atoms with Crippen LogP contribution in [-0.4, -0.2) is 22.1 Å². The van der Waals surface area contributed by atoms with Crippen LogP contribution in [0.1, 0.15) is 51.8 Å². The fraction of sp³-hybridized carbons (Fsp3) is 0.714. The van der Waals surface area contributed by atoms with E-state index in [1.54, 1.807) is 0 Å². The standard InChI is InChI=1S/C14H25N3O/c1-6-7-11(4)18-14-16-9-13(12(5)17-14)8-15-10(2)3/h9-11,15H,6-8H2,1-5H3. The first-order chi connectivity index (χ1) is 8.52. The summed E-state index contributed by atoms with van der Waals surface area (Å²) in [7, 11) is 0. The molecular formula is C14H25N3O. The minimum Gasteiger partial charge on any atom is -0.460 e. The van der Waals surface area contributed by atoms with Gasteiger partial charge in [0.1, 0.15) is 0 Å². The molecule has 0 bridgehead atoms. The van der Waals surface area contributed by atoms with Gasteiger partial charge in [0.25, 0.3) is 0 Å². The lowest BCUT2D eigenvalue weighted by Crippen LogP contribution is -2.23. The van der Waals surface area contributed by atoms with Crippen LogP contribution in [0, 0.1) is 6.92 Å². The van der Waals surface area contributed by atoms with E-state index in [0.29, 0.717) is 12.1 Å². The Balaban J connectivity index is 2.61. The van der Waals surface area contributed by atoms with Crippen LogP contribution < -0.4 is 10.1 Å². The fourth-order valence-corrected chi connectivity index (χ4v) is 1.66. The summed E-state index contributed by atoms with van der Waals surface area (Å²) in [6, 6.07) is 0.951. The van der Waals surface area contributed by atoms with E-state index in [4.69, 9.17) is 4.74 Å². The molecule has 102 valence electrons. The van der Waals surface area contributed by atoms with E-state index in [2.05, 4.69) is 43.0 Å². The minimum atomic E-state index is 0.175. The maximum absolute atomic E-state index is 5.67. The Labute approximate surface area is 110 Å². The van der Waals surface area contributed by atoms with Gasteiger partial charge in [0, 0.05) is 30.0 Å². The maximum Gasteiger partial charge on any atom is 0.316 e. The lowest BCUT2D eigenvalue weighted by molar-refractivity contribution is 0.192. The first kappa shape index (κ1) is 14.9. The first-order valence-corrected chi connectivity index (χ1v) is 6.75. The van der Waals surface area contributed by atoms with Gasteiger partial charge in [-0.3, -0.25) is 0 Å². The van der Waals surface area contributed by atoms with E-state index >= 15 is 0 Å². The Kier molecular flexibility index (Phi) is 6.05. The van der Waals surface area contributed by atoms with Crippen molar-refractivity contribution < 1.29 is 4.74 Å². The second-order valence-corrected chi connectivity index (χ2v) is 5.02. The zero-order valence-corrected chi connectivity index (χ0v) is 12.2. The van der Waals surface area contributed by atoms with Crippen molar-refractivity contribution >= 4 is 0 Å². The van der Waals surface area contributed by atoms with E-state index in [1.165, 1.54) is 0 Å². The molecule has 0 saturated heterocycles. The van der Waals surface area contributed by atoms with Crippen molar-refractivity contribution in [3.8, 4) is 6.01 Å². The zero-order chi connectivity index (χ0) is 13.5. The van der Waals surface area contributed by atoms with Crippen molar-refractivity contribution in [1.82, 2.24) is 15.3 Å². The number of aryl methyl sites for hydroxylation is 1. The van der Waals surface area contributed by atoms with Crippen LogP contribution in [0.4, 0.5) is 0 Å². The molecule has 0 radical (unpaired) electrons. The van der Waals surface area contributed by atoms with Crippen LogP contribution in [0.2, 0.25) is 0 Å². The smallest absolute Gasteiger partial charge is 0.316 e.